The highest BCUT2D eigenvalue weighted by Crippen LogP contribution is 2.19. The number of hydrogen-bond acceptors (Lipinski definition) is 2. The zero-order valence-electron chi connectivity index (χ0n) is 8.52. The van der Waals surface area contributed by atoms with E-state index >= 15 is 0 Å². The van der Waals surface area contributed by atoms with E-state index in [1.54, 1.807) is 24.3 Å². The Bertz CT molecular complexity index is 367. The largest absolute Gasteiger partial charge is 0.481 e. The van der Waals surface area contributed by atoms with Crippen molar-refractivity contribution in [3.8, 4) is 0 Å². The maximum absolute atomic E-state index is 11.5. The van der Waals surface area contributed by atoms with Gasteiger partial charge in [0, 0.05) is 6.54 Å². The third-order valence-corrected chi connectivity index (χ3v) is 2.41. The third-order valence-electron chi connectivity index (χ3n) is 1.96. The van der Waals surface area contributed by atoms with Crippen molar-refractivity contribution in [1.29, 1.82) is 0 Å². The molecule has 0 heterocycles. The summed E-state index contributed by atoms with van der Waals surface area (Å²) in [4.78, 5) is 21.7. The minimum absolute atomic E-state index is 0.0875. The molecular weight excluding hydrogens is 230 g/mol. The van der Waals surface area contributed by atoms with E-state index in [1.807, 2.05) is 6.07 Å². The second-order valence-electron chi connectivity index (χ2n) is 3.21. The molecule has 1 aromatic rings. The van der Waals surface area contributed by atoms with E-state index in [4.69, 9.17) is 16.7 Å². The standard InChI is InChI=1S/C11H12ClNO3/c12-10(8-4-2-1-3-5-8)11(16)13-7-6-9(14)15/h1-5,10H,6-7H2,(H,13,16)(H,14,15). The van der Waals surface area contributed by atoms with Gasteiger partial charge in [-0.05, 0) is 5.56 Å². The fourth-order valence-corrected chi connectivity index (χ4v) is 1.38. The van der Waals surface area contributed by atoms with E-state index in [-0.39, 0.29) is 18.9 Å². The number of nitrogens with one attached hydrogen (secondary N) is 1. The molecule has 16 heavy (non-hydrogen) atoms. The van der Waals surface area contributed by atoms with Crippen LogP contribution in [0.1, 0.15) is 17.4 Å². The van der Waals surface area contributed by atoms with Crippen LogP contribution >= 0.6 is 11.6 Å². The average molecular weight is 242 g/mol. The highest BCUT2D eigenvalue weighted by molar-refractivity contribution is 6.30. The Morgan fingerprint density at radius 2 is 1.94 bits per heavy atom. The zero-order valence-corrected chi connectivity index (χ0v) is 9.28. The second-order valence-corrected chi connectivity index (χ2v) is 3.64. The highest BCUT2D eigenvalue weighted by atomic mass is 35.5. The molecule has 86 valence electrons. The van der Waals surface area contributed by atoms with Gasteiger partial charge in [0.25, 0.3) is 0 Å². The lowest BCUT2D eigenvalue weighted by molar-refractivity contribution is -0.136. The van der Waals surface area contributed by atoms with Crippen LogP contribution in [0.15, 0.2) is 30.3 Å². The van der Waals surface area contributed by atoms with Crippen LogP contribution in [0.4, 0.5) is 0 Å². The van der Waals surface area contributed by atoms with Gasteiger partial charge in [0.1, 0.15) is 5.38 Å². The number of hydrogen-bond donors (Lipinski definition) is 2. The number of carboxylic acids is 1. The van der Waals surface area contributed by atoms with Crippen LogP contribution in [-0.4, -0.2) is 23.5 Å². The quantitative estimate of drug-likeness (QED) is 0.769. The van der Waals surface area contributed by atoms with Crippen LogP contribution in [0.3, 0.4) is 0 Å². The minimum Gasteiger partial charge on any atom is -0.481 e. The number of carboxylic acid groups (broad SMARTS) is 1. The fourth-order valence-electron chi connectivity index (χ4n) is 1.16. The van der Waals surface area contributed by atoms with Crippen LogP contribution in [0.2, 0.25) is 0 Å². The summed E-state index contributed by atoms with van der Waals surface area (Å²) in [6, 6.07) is 8.89. The summed E-state index contributed by atoms with van der Waals surface area (Å²) in [5.41, 5.74) is 0.692. The lowest BCUT2D eigenvalue weighted by Crippen LogP contribution is -2.29. The maximum atomic E-state index is 11.5. The average Bonchev–Trinajstić information content (AvgIpc) is 2.28. The number of rotatable bonds is 5. The smallest absolute Gasteiger partial charge is 0.305 e. The molecule has 2 N–H and O–H groups in total. The van der Waals surface area contributed by atoms with Crippen LogP contribution in [-0.2, 0) is 9.59 Å². The van der Waals surface area contributed by atoms with Gasteiger partial charge in [-0.1, -0.05) is 30.3 Å². The molecule has 0 spiro atoms. The second kappa shape index (κ2) is 6.12. The van der Waals surface area contributed by atoms with Crippen molar-refractivity contribution in [3.63, 3.8) is 0 Å². The fraction of sp³-hybridized carbons (Fsp3) is 0.273. The topological polar surface area (TPSA) is 66.4 Å². The number of alkyl halides is 1. The Morgan fingerprint density at radius 3 is 2.50 bits per heavy atom. The van der Waals surface area contributed by atoms with Gasteiger partial charge in [0.15, 0.2) is 0 Å². The lowest BCUT2D eigenvalue weighted by atomic mass is 10.1. The van der Waals surface area contributed by atoms with Gasteiger partial charge in [0.05, 0.1) is 6.42 Å². The lowest BCUT2D eigenvalue weighted by Gasteiger charge is -2.09. The maximum Gasteiger partial charge on any atom is 0.305 e. The molecular formula is C11H12ClNO3. The molecule has 0 aliphatic rings. The number of benzene rings is 1. The van der Waals surface area contributed by atoms with Gasteiger partial charge in [-0.2, -0.15) is 0 Å². The van der Waals surface area contributed by atoms with Crippen molar-refractivity contribution in [2.75, 3.05) is 6.54 Å². The molecule has 0 aromatic heterocycles. The van der Waals surface area contributed by atoms with Crippen molar-refractivity contribution in [3.05, 3.63) is 35.9 Å². The van der Waals surface area contributed by atoms with E-state index in [1.165, 1.54) is 0 Å². The summed E-state index contributed by atoms with van der Waals surface area (Å²) >= 11 is 5.91. The Balaban J connectivity index is 2.45. The molecule has 1 unspecified atom stereocenters. The molecule has 0 bridgehead atoms. The summed E-state index contributed by atoms with van der Waals surface area (Å²) in [6.45, 7) is 0.0875. The molecule has 0 radical (unpaired) electrons. The molecule has 5 heteroatoms. The van der Waals surface area contributed by atoms with E-state index in [0.29, 0.717) is 5.56 Å². The molecule has 0 saturated carbocycles. The highest BCUT2D eigenvalue weighted by Gasteiger charge is 2.16. The zero-order chi connectivity index (χ0) is 12.0. The van der Waals surface area contributed by atoms with Crippen molar-refractivity contribution < 1.29 is 14.7 Å². The Hall–Kier alpha value is -1.55. The number of carbonyl (C=O) groups is 2. The van der Waals surface area contributed by atoms with Crippen molar-refractivity contribution in [2.45, 2.75) is 11.8 Å². The summed E-state index contributed by atoms with van der Waals surface area (Å²) in [5.74, 6) is -1.33. The van der Waals surface area contributed by atoms with Crippen LogP contribution < -0.4 is 5.32 Å². The molecule has 1 atom stereocenters. The number of halogens is 1. The molecule has 0 aliphatic heterocycles. The first-order valence-electron chi connectivity index (χ1n) is 4.80. The number of aliphatic carboxylic acids is 1. The van der Waals surface area contributed by atoms with Gasteiger partial charge in [-0.15, -0.1) is 11.6 Å². The van der Waals surface area contributed by atoms with Crippen molar-refractivity contribution >= 4 is 23.5 Å². The SMILES string of the molecule is O=C(O)CCNC(=O)C(Cl)c1ccccc1. The third kappa shape index (κ3) is 3.90. The molecule has 0 aliphatic carbocycles. The summed E-state index contributed by atoms with van der Waals surface area (Å²) < 4.78 is 0. The number of amides is 1. The molecule has 1 amide bonds. The molecule has 4 nitrogen and oxygen atoms in total. The minimum atomic E-state index is -0.953. The summed E-state index contributed by atoms with van der Waals surface area (Å²) in [6.07, 6.45) is -0.107. The van der Waals surface area contributed by atoms with Crippen LogP contribution in [0.25, 0.3) is 0 Å². The monoisotopic (exact) mass is 241 g/mol. The van der Waals surface area contributed by atoms with Gasteiger partial charge in [-0.3, -0.25) is 9.59 Å². The normalized spacial score (nSPS) is 11.8. The first-order valence-corrected chi connectivity index (χ1v) is 5.23. The number of carbonyl (C=O) groups excluding carboxylic acids is 1. The predicted molar refractivity (Wildman–Crippen MR) is 60.3 cm³/mol. The van der Waals surface area contributed by atoms with E-state index < -0.39 is 11.3 Å². The van der Waals surface area contributed by atoms with Gasteiger partial charge in [-0.25, -0.2) is 0 Å². The molecule has 1 aromatic carbocycles. The Labute approximate surface area is 98.2 Å². The summed E-state index contributed by atoms with van der Waals surface area (Å²) in [7, 11) is 0. The first-order chi connectivity index (χ1) is 7.61. The van der Waals surface area contributed by atoms with Gasteiger partial charge in [0.2, 0.25) is 5.91 Å². The van der Waals surface area contributed by atoms with Gasteiger partial charge < -0.3 is 10.4 Å². The Kier molecular flexibility index (Phi) is 4.79. The van der Waals surface area contributed by atoms with E-state index in [9.17, 15) is 9.59 Å². The van der Waals surface area contributed by atoms with E-state index in [0.717, 1.165) is 0 Å². The molecule has 0 saturated heterocycles. The van der Waals surface area contributed by atoms with Crippen LogP contribution in [0, 0.1) is 0 Å². The van der Waals surface area contributed by atoms with Gasteiger partial charge >= 0.3 is 5.97 Å². The van der Waals surface area contributed by atoms with Crippen molar-refractivity contribution in [1.82, 2.24) is 5.32 Å². The summed E-state index contributed by atoms with van der Waals surface area (Å²) in [5, 5.41) is 10.1. The first kappa shape index (κ1) is 12.5. The predicted octanol–water partition coefficient (Wildman–Crippen LogP) is 1.56. The molecule has 1 rings (SSSR count). The van der Waals surface area contributed by atoms with Crippen LogP contribution in [0.5, 0.6) is 0 Å². The Morgan fingerprint density at radius 1 is 1.31 bits per heavy atom. The van der Waals surface area contributed by atoms with E-state index in [2.05, 4.69) is 5.32 Å². The van der Waals surface area contributed by atoms with Crippen molar-refractivity contribution in [2.24, 2.45) is 0 Å². The molecule has 0 fully saturated rings.